The number of nitrogens with zero attached hydrogens (tertiary/aromatic N) is 3. The minimum atomic E-state index is -4.53. The van der Waals surface area contributed by atoms with Crippen LogP contribution < -0.4 is 5.32 Å². The van der Waals surface area contributed by atoms with Crippen molar-refractivity contribution >= 4 is 17.6 Å². The Bertz CT molecular complexity index is 818. The first-order valence-corrected chi connectivity index (χ1v) is 7.36. The molecule has 2 heterocycles. The lowest BCUT2D eigenvalue weighted by atomic mass is 10.2. The lowest BCUT2D eigenvalue weighted by Crippen LogP contribution is -2.37. The Kier molecular flexibility index (Phi) is 4.19. The smallest absolute Gasteiger partial charge is 0.416 e. The van der Waals surface area contributed by atoms with Gasteiger partial charge in [-0.05, 0) is 24.6 Å². The van der Waals surface area contributed by atoms with Gasteiger partial charge in [-0.3, -0.25) is 9.69 Å². The first-order valence-electron chi connectivity index (χ1n) is 7.36. The monoisotopic (exact) mass is 354 g/mol. The van der Waals surface area contributed by atoms with Gasteiger partial charge in [0.1, 0.15) is 6.04 Å². The zero-order valence-electron chi connectivity index (χ0n) is 13.0. The average molecular weight is 354 g/mol. The summed E-state index contributed by atoms with van der Waals surface area (Å²) < 4.78 is 43.5. The number of urea groups is 1. The Balaban J connectivity index is 1.81. The van der Waals surface area contributed by atoms with E-state index in [1.807, 2.05) is 0 Å². The van der Waals surface area contributed by atoms with Crippen LogP contribution in [0.2, 0.25) is 0 Å². The molecule has 0 aliphatic carbocycles. The van der Waals surface area contributed by atoms with Gasteiger partial charge >= 0.3 is 12.2 Å². The molecule has 0 bridgehead atoms. The molecule has 7 nitrogen and oxygen atoms in total. The number of nitrogens with one attached hydrogen (secondary N) is 1. The van der Waals surface area contributed by atoms with E-state index in [1.54, 1.807) is 6.92 Å². The second-order valence-electron chi connectivity index (χ2n) is 5.49. The highest BCUT2D eigenvalue weighted by Gasteiger charge is 2.40. The van der Waals surface area contributed by atoms with Crippen LogP contribution in [0.25, 0.3) is 0 Å². The van der Waals surface area contributed by atoms with E-state index < -0.39 is 29.7 Å². The number of hydrogen-bond donors (Lipinski definition) is 1. The summed E-state index contributed by atoms with van der Waals surface area (Å²) in [5.41, 5.74) is -0.970. The fraction of sp³-hybridized carbons (Fsp3) is 0.333. The summed E-state index contributed by atoms with van der Waals surface area (Å²) in [6.45, 7) is 1.57. The Hall–Kier alpha value is -2.91. The third kappa shape index (κ3) is 3.47. The molecular weight excluding hydrogens is 341 g/mol. The van der Waals surface area contributed by atoms with Gasteiger partial charge in [0.15, 0.2) is 0 Å². The fourth-order valence-corrected chi connectivity index (χ4v) is 2.58. The van der Waals surface area contributed by atoms with Crippen molar-refractivity contribution in [2.75, 3.05) is 5.32 Å². The van der Waals surface area contributed by atoms with E-state index in [-0.39, 0.29) is 23.9 Å². The van der Waals surface area contributed by atoms with Gasteiger partial charge in [0, 0.05) is 19.0 Å². The van der Waals surface area contributed by atoms with Crippen molar-refractivity contribution in [3.05, 3.63) is 41.6 Å². The van der Waals surface area contributed by atoms with Crippen LogP contribution in [-0.2, 0) is 11.0 Å². The fourth-order valence-electron chi connectivity index (χ4n) is 2.58. The van der Waals surface area contributed by atoms with Crippen LogP contribution in [0.15, 0.2) is 28.7 Å². The summed E-state index contributed by atoms with van der Waals surface area (Å²) in [6, 6.07) is 2.58. The minimum absolute atomic E-state index is 0.0695. The van der Waals surface area contributed by atoms with Crippen molar-refractivity contribution < 1.29 is 27.2 Å². The van der Waals surface area contributed by atoms with Gasteiger partial charge in [-0.25, -0.2) is 4.79 Å². The molecule has 25 heavy (non-hydrogen) atoms. The number of aromatic nitrogens is 2. The van der Waals surface area contributed by atoms with Crippen molar-refractivity contribution in [2.45, 2.75) is 32.0 Å². The number of amides is 3. The summed E-state index contributed by atoms with van der Waals surface area (Å²) in [7, 11) is 0. The van der Waals surface area contributed by atoms with Crippen LogP contribution >= 0.6 is 0 Å². The van der Waals surface area contributed by atoms with Gasteiger partial charge in [-0.2, -0.15) is 13.2 Å². The summed E-state index contributed by atoms with van der Waals surface area (Å²) in [5.74, 6) is -0.0690. The summed E-state index contributed by atoms with van der Waals surface area (Å²) in [6.07, 6.45) is -4.13. The molecule has 1 atom stereocenters. The molecule has 3 amide bonds. The number of benzene rings is 1. The number of rotatable bonds is 2. The van der Waals surface area contributed by atoms with E-state index in [9.17, 15) is 22.8 Å². The molecule has 3 rings (SSSR count). The van der Waals surface area contributed by atoms with Crippen LogP contribution in [0, 0.1) is 6.92 Å². The number of imide groups is 1. The van der Waals surface area contributed by atoms with Crippen LogP contribution in [0.3, 0.4) is 0 Å². The van der Waals surface area contributed by atoms with E-state index in [1.165, 1.54) is 12.1 Å². The first kappa shape index (κ1) is 16.9. The topological polar surface area (TPSA) is 88.3 Å². The largest absolute Gasteiger partial charge is 0.423 e. The van der Waals surface area contributed by atoms with Gasteiger partial charge in [0.05, 0.1) is 5.56 Å². The molecule has 0 saturated carbocycles. The van der Waals surface area contributed by atoms with Crippen molar-refractivity contribution in [1.82, 2.24) is 15.1 Å². The molecule has 1 aromatic carbocycles. The molecule has 1 aliphatic heterocycles. The molecule has 1 N–H and O–H groups in total. The lowest BCUT2D eigenvalue weighted by molar-refractivity contribution is -0.137. The Labute approximate surface area is 139 Å². The van der Waals surface area contributed by atoms with Crippen molar-refractivity contribution in [2.24, 2.45) is 0 Å². The van der Waals surface area contributed by atoms with E-state index >= 15 is 0 Å². The number of anilines is 1. The van der Waals surface area contributed by atoms with E-state index in [0.717, 1.165) is 17.0 Å². The van der Waals surface area contributed by atoms with Crippen LogP contribution in [-0.4, -0.2) is 27.0 Å². The third-order valence-corrected chi connectivity index (χ3v) is 3.70. The summed E-state index contributed by atoms with van der Waals surface area (Å²) in [4.78, 5) is 25.3. The predicted octanol–water partition coefficient (Wildman–Crippen LogP) is 3.29. The molecule has 1 aliphatic rings. The maximum atomic E-state index is 12.7. The molecule has 0 radical (unpaired) electrons. The highest BCUT2D eigenvalue weighted by molar-refractivity contribution is 6.02. The quantitative estimate of drug-likeness (QED) is 0.894. The van der Waals surface area contributed by atoms with Crippen LogP contribution in [0.4, 0.5) is 23.7 Å². The van der Waals surface area contributed by atoms with Gasteiger partial charge in [-0.1, -0.05) is 6.07 Å². The first-order chi connectivity index (χ1) is 11.8. The standard InChI is InChI=1S/C15H13F3N4O3/c1-8-20-21-13(25-8)11-5-6-12(23)22(11)14(24)19-10-4-2-3-9(7-10)15(16,17)18/h2-4,7,11H,5-6H2,1H3,(H,19,24). The van der Waals surface area contributed by atoms with E-state index in [2.05, 4.69) is 15.5 Å². The number of hydrogen-bond acceptors (Lipinski definition) is 5. The number of carbonyl (C=O) groups excluding carboxylic acids is 2. The molecule has 1 aromatic heterocycles. The Morgan fingerprint density at radius 3 is 2.76 bits per heavy atom. The molecule has 1 fully saturated rings. The number of halogens is 3. The lowest BCUT2D eigenvalue weighted by Gasteiger charge is -2.21. The van der Waals surface area contributed by atoms with E-state index in [0.29, 0.717) is 6.42 Å². The SMILES string of the molecule is Cc1nnc(C2CCC(=O)N2C(=O)Nc2cccc(C(F)(F)F)c2)o1. The molecular formula is C15H13F3N4O3. The molecule has 2 aromatic rings. The molecule has 1 saturated heterocycles. The summed E-state index contributed by atoms with van der Waals surface area (Å²) >= 11 is 0. The number of alkyl halides is 3. The Morgan fingerprint density at radius 1 is 1.36 bits per heavy atom. The van der Waals surface area contributed by atoms with Gasteiger partial charge in [0.2, 0.25) is 17.7 Å². The highest BCUT2D eigenvalue weighted by Crippen LogP contribution is 2.34. The Morgan fingerprint density at radius 2 is 2.12 bits per heavy atom. The zero-order valence-corrected chi connectivity index (χ0v) is 13.0. The second kappa shape index (κ2) is 6.19. The average Bonchev–Trinajstić information content (AvgIpc) is 3.12. The van der Waals surface area contributed by atoms with Crippen LogP contribution in [0.1, 0.15) is 36.2 Å². The minimum Gasteiger partial charge on any atom is -0.423 e. The van der Waals surface area contributed by atoms with Gasteiger partial charge < -0.3 is 9.73 Å². The molecule has 10 heteroatoms. The number of aryl methyl sites for hydroxylation is 1. The van der Waals surface area contributed by atoms with Gasteiger partial charge in [-0.15, -0.1) is 10.2 Å². The van der Waals surface area contributed by atoms with E-state index in [4.69, 9.17) is 4.42 Å². The third-order valence-electron chi connectivity index (χ3n) is 3.70. The normalized spacial score (nSPS) is 17.8. The maximum absolute atomic E-state index is 12.7. The van der Waals surface area contributed by atoms with Crippen molar-refractivity contribution in [3.63, 3.8) is 0 Å². The van der Waals surface area contributed by atoms with Crippen molar-refractivity contribution in [1.29, 1.82) is 0 Å². The summed E-state index contributed by atoms with van der Waals surface area (Å²) in [5, 5.41) is 9.78. The zero-order chi connectivity index (χ0) is 18.2. The van der Waals surface area contributed by atoms with Gasteiger partial charge in [0.25, 0.3) is 0 Å². The second-order valence-corrected chi connectivity index (χ2v) is 5.49. The van der Waals surface area contributed by atoms with Crippen LogP contribution in [0.5, 0.6) is 0 Å². The highest BCUT2D eigenvalue weighted by atomic mass is 19.4. The predicted molar refractivity (Wildman–Crippen MR) is 78.3 cm³/mol. The number of carbonyl (C=O) groups is 2. The molecule has 1 unspecified atom stereocenters. The molecule has 132 valence electrons. The molecule has 0 spiro atoms. The van der Waals surface area contributed by atoms with Crippen molar-refractivity contribution in [3.8, 4) is 0 Å². The maximum Gasteiger partial charge on any atom is 0.416 e. The number of likely N-dealkylation sites (tertiary alicyclic amines) is 1.